The van der Waals surface area contributed by atoms with Gasteiger partial charge in [-0.15, -0.1) is 0 Å². The topological polar surface area (TPSA) is 34.9 Å². The molecule has 0 aliphatic heterocycles. The molecule has 128 valence electrons. The van der Waals surface area contributed by atoms with Crippen LogP contribution in [0.3, 0.4) is 0 Å². The molecule has 3 rings (SSSR count). The lowest BCUT2D eigenvalue weighted by molar-refractivity contribution is -0.116. The molecule has 3 aromatic rings. The zero-order chi connectivity index (χ0) is 17.6. The highest BCUT2D eigenvalue weighted by Crippen LogP contribution is 2.22. The fourth-order valence-electron chi connectivity index (χ4n) is 2.51. The lowest BCUT2D eigenvalue weighted by Crippen LogP contribution is -2.07. The number of aryl methyl sites for hydroxylation is 1. The van der Waals surface area contributed by atoms with Gasteiger partial charge in [0.15, 0.2) is 5.16 Å². The van der Waals surface area contributed by atoms with Crippen molar-refractivity contribution in [2.45, 2.75) is 24.9 Å². The second-order valence-corrected chi connectivity index (χ2v) is 7.11. The average Bonchev–Trinajstić information content (AvgIpc) is 3.10. The number of hydrogen-bond acceptors (Lipinski definition) is 3. The van der Waals surface area contributed by atoms with Gasteiger partial charge in [0, 0.05) is 29.5 Å². The smallest absolute Gasteiger partial charge is 0.173 e. The fourth-order valence-corrected chi connectivity index (χ4v) is 3.47. The summed E-state index contributed by atoms with van der Waals surface area (Å²) in [6.45, 7) is 2.12. The van der Waals surface area contributed by atoms with Crippen LogP contribution in [0.2, 0.25) is 5.02 Å². The first kappa shape index (κ1) is 17.8. The number of hydrogen-bond donors (Lipinski definition) is 0. The van der Waals surface area contributed by atoms with Crippen LogP contribution < -0.4 is 0 Å². The Morgan fingerprint density at radius 2 is 1.76 bits per heavy atom. The maximum absolute atomic E-state index is 12.3. The Kier molecular flexibility index (Phi) is 5.95. The van der Waals surface area contributed by atoms with Gasteiger partial charge in [0.05, 0.1) is 5.75 Å². The zero-order valence-corrected chi connectivity index (χ0v) is 15.6. The summed E-state index contributed by atoms with van der Waals surface area (Å²) in [6, 6.07) is 15.8. The Labute approximate surface area is 157 Å². The van der Waals surface area contributed by atoms with Crippen molar-refractivity contribution in [3.05, 3.63) is 77.1 Å². The van der Waals surface area contributed by atoms with Crippen molar-refractivity contribution < 1.29 is 4.79 Å². The summed E-state index contributed by atoms with van der Waals surface area (Å²) in [4.78, 5) is 16.6. The highest BCUT2D eigenvalue weighted by atomic mass is 35.5. The van der Waals surface area contributed by atoms with Crippen LogP contribution >= 0.6 is 23.4 Å². The minimum atomic E-state index is 0.194. The molecule has 0 saturated heterocycles. The fraction of sp³-hybridized carbons (Fsp3) is 0.200. The summed E-state index contributed by atoms with van der Waals surface area (Å²) in [5, 5.41) is 1.50. The van der Waals surface area contributed by atoms with Crippen LogP contribution in [0.1, 0.15) is 18.1 Å². The van der Waals surface area contributed by atoms with Gasteiger partial charge in [-0.2, -0.15) is 0 Å². The Morgan fingerprint density at radius 1 is 1.08 bits per heavy atom. The quantitative estimate of drug-likeness (QED) is 0.549. The molecular formula is C20H19ClN2OS. The number of ketones is 1. The predicted octanol–water partition coefficient (Wildman–Crippen LogP) is 4.99. The maximum Gasteiger partial charge on any atom is 0.173 e. The van der Waals surface area contributed by atoms with E-state index in [4.69, 9.17) is 11.6 Å². The van der Waals surface area contributed by atoms with Crippen LogP contribution in [0.5, 0.6) is 0 Å². The number of imidazole rings is 1. The largest absolute Gasteiger partial charge is 0.298 e. The number of halogens is 1. The minimum Gasteiger partial charge on any atom is -0.298 e. The number of carbonyl (C=O) groups is 1. The first-order chi connectivity index (χ1) is 12.2. The third-order valence-electron chi connectivity index (χ3n) is 3.91. The Bertz CT molecular complexity index is 841. The third-order valence-corrected chi connectivity index (χ3v) is 5.18. The predicted molar refractivity (Wildman–Crippen MR) is 104 cm³/mol. The van der Waals surface area contributed by atoms with Gasteiger partial charge in [0.1, 0.15) is 5.78 Å². The van der Waals surface area contributed by atoms with E-state index >= 15 is 0 Å². The molecule has 0 fully saturated rings. The van der Waals surface area contributed by atoms with Gasteiger partial charge >= 0.3 is 0 Å². The number of thioether (sulfide) groups is 1. The molecule has 5 heteroatoms. The molecule has 1 heterocycles. The van der Waals surface area contributed by atoms with Gasteiger partial charge in [-0.05, 0) is 41.8 Å². The average molecular weight is 371 g/mol. The summed E-state index contributed by atoms with van der Waals surface area (Å²) >= 11 is 7.39. The number of aromatic nitrogens is 2. The van der Waals surface area contributed by atoms with Crippen molar-refractivity contribution >= 4 is 29.1 Å². The van der Waals surface area contributed by atoms with Gasteiger partial charge in [0.25, 0.3) is 0 Å². The SMILES string of the molecule is CCc1ccc(CC(=O)CSc2nccn2-c2ccc(Cl)cc2)cc1. The van der Waals surface area contributed by atoms with Crippen LogP contribution in [0.4, 0.5) is 0 Å². The van der Waals surface area contributed by atoms with Crippen molar-refractivity contribution in [1.82, 2.24) is 9.55 Å². The molecule has 0 N–H and O–H groups in total. The molecule has 0 unspecified atom stereocenters. The molecule has 25 heavy (non-hydrogen) atoms. The van der Waals surface area contributed by atoms with E-state index in [9.17, 15) is 4.79 Å². The molecule has 0 atom stereocenters. The van der Waals surface area contributed by atoms with Crippen molar-refractivity contribution in [3.63, 3.8) is 0 Å². The Balaban J connectivity index is 1.61. The highest BCUT2D eigenvalue weighted by molar-refractivity contribution is 7.99. The molecule has 0 aliphatic carbocycles. The minimum absolute atomic E-state index is 0.194. The van der Waals surface area contributed by atoms with Crippen molar-refractivity contribution in [3.8, 4) is 5.69 Å². The van der Waals surface area contributed by atoms with Crippen LogP contribution in [0.25, 0.3) is 5.69 Å². The van der Waals surface area contributed by atoms with E-state index in [-0.39, 0.29) is 5.78 Å². The lowest BCUT2D eigenvalue weighted by Gasteiger charge is -2.07. The molecule has 0 saturated carbocycles. The maximum atomic E-state index is 12.3. The van der Waals surface area contributed by atoms with E-state index in [2.05, 4.69) is 24.0 Å². The van der Waals surface area contributed by atoms with Gasteiger partial charge in [0.2, 0.25) is 0 Å². The molecule has 2 aromatic carbocycles. The summed E-state index contributed by atoms with van der Waals surface area (Å²) < 4.78 is 1.96. The molecule has 0 radical (unpaired) electrons. The van der Waals surface area contributed by atoms with E-state index in [0.717, 1.165) is 22.8 Å². The highest BCUT2D eigenvalue weighted by Gasteiger charge is 2.10. The van der Waals surface area contributed by atoms with Crippen LogP contribution in [-0.4, -0.2) is 21.1 Å². The van der Waals surface area contributed by atoms with Crippen LogP contribution in [0, 0.1) is 0 Å². The van der Waals surface area contributed by atoms with Gasteiger partial charge in [-0.3, -0.25) is 9.36 Å². The standard InChI is InChI=1S/C20H19ClN2OS/c1-2-15-3-5-16(6-4-15)13-19(24)14-25-20-22-11-12-23(20)18-9-7-17(21)8-10-18/h3-12H,2,13-14H2,1H3. The molecule has 0 aliphatic rings. The van der Waals surface area contributed by atoms with E-state index in [1.807, 2.05) is 47.2 Å². The lowest BCUT2D eigenvalue weighted by atomic mass is 10.1. The first-order valence-corrected chi connectivity index (χ1v) is 9.53. The molecule has 0 bridgehead atoms. The molecule has 1 aromatic heterocycles. The van der Waals surface area contributed by atoms with Crippen LogP contribution in [-0.2, 0) is 17.6 Å². The Morgan fingerprint density at radius 3 is 2.44 bits per heavy atom. The van der Waals surface area contributed by atoms with Gasteiger partial charge in [-0.1, -0.05) is 54.6 Å². The molecule has 0 amide bonds. The van der Waals surface area contributed by atoms with Crippen molar-refractivity contribution in [2.75, 3.05) is 5.75 Å². The summed E-state index contributed by atoms with van der Waals surface area (Å²) in [6.07, 6.45) is 5.10. The van der Waals surface area contributed by atoms with Gasteiger partial charge in [-0.25, -0.2) is 4.98 Å². The monoisotopic (exact) mass is 370 g/mol. The van der Waals surface area contributed by atoms with E-state index in [0.29, 0.717) is 17.2 Å². The van der Waals surface area contributed by atoms with Gasteiger partial charge < -0.3 is 0 Å². The molecule has 0 spiro atoms. The van der Waals surface area contributed by atoms with E-state index in [1.165, 1.54) is 17.3 Å². The summed E-state index contributed by atoms with van der Waals surface area (Å²) in [5.74, 6) is 0.597. The normalized spacial score (nSPS) is 10.8. The number of benzene rings is 2. The van der Waals surface area contributed by atoms with E-state index < -0.39 is 0 Å². The second kappa shape index (κ2) is 8.37. The first-order valence-electron chi connectivity index (χ1n) is 8.17. The van der Waals surface area contributed by atoms with Crippen molar-refractivity contribution in [1.29, 1.82) is 0 Å². The zero-order valence-electron chi connectivity index (χ0n) is 14.0. The second-order valence-electron chi connectivity index (χ2n) is 5.73. The Hall–Kier alpha value is -2.04. The van der Waals surface area contributed by atoms with E-state index in [1.54, 1.807) is 6.20 Å². The number of rotatable bonds is 7. The molecule has 3 nitrogen and oxygen atoms in total. The number of nitrogens with zero attached hydrogens (tertiary/aromatic N) is 2. The third kappa shape index (κ3) is 4.74. The van der Waals surface area contributed by atoms with Crippen molar-refractivity contribution in [2.24, 2.45) is 0 Å². The summed E-state index contributed by atoms with van der Waals surface area (Å²) in [5.41, 5.74) is 3.33. The summed E-state index contributed by atoms with van der Waals surface area (Å²) in [7, 11) is 0. The van der Waals surface area contributed by atoms with Crippen LogP contribution in [0.15, 0.2) is 66.1 Å². The number of carbonyl (C=O) groups excluding carboxylic acids is 1. The molecular weight excluding hydrogens is 352 g/mol. The number of Topliss-reactive ketones (excluding diaryl/α,β-unsaturated/α-hetero) is 1.